The minimum absolute atomic E-state index is 0.0584. The molecule has 0 spiro atoms. The van der Waals surface area contributed by atoms with E-state index in [1.54, 1.807) is 0 Å². The first-order chi connectivity index (χ1) is 10.2. The summed E-state index contributed by atoms with van der Waals surface area (Å²) < 4.78 is 5.69. The summed E-state index contributed by atoms with van der Waals surface area (Å²) in [4.78, 5) is 12.1. The SMILES string of the molecule is O=C(Cc1ccccc1)OCC12CC3CC(CC(C3)C1)C2. The van der Waals surface area contributed by atoms with Gasteiger partial charge in [-0.25, -0.2) is 0 Å². The van der Waals surface area contributed by atoms with Crippen LogP contribution in [-0.2, 0) is 16.0 Å². The number of carbonyl (C=O) groups is 1. The monoisotopic (exact) mass is 284 g/mol. The smallest absolute Gasteiger partial charge is 0.310 e. The van der Waals surface area contributed by atoms with Gasteiger partial charge in [-0.1, -0.05) is 30.3 Å². The van der Waals surface area contributed by atoms with Crippen molar-refractivity contribution in [3.05, 3.63) is 35.9 Å². The second-order valence-electron chi connectivity index (χ2n) is 7.74. The molecule has 5 rings (SSSR count). The lowest BCUT2D eigenvalue weighted by Crippen LogP contribution is -2.48. The Labute approximate surface area is 126 Å². The molecule has 0 radical (unpaired) electrons. The predicted molar refractivity (Wildman–Crippen MR) is 81.7 cm³/mol. The lowest BCUT2D eigenvalue weighted by atomic mass is 9.50. The molecule has 0 N–H and O–H groups in total. The van der Waals surface area contributed by atoms with Crippen LogP contribution in [0.25, 0.3) is 0 Å². The second kappa shape index (κ2) is 5.15. The van der Waals surface area contributed by atoms with E-state index in [-0.39, 0.29) is 5.97 Å². The second-order valence-corrected chi connectivity index (χ2v) is 7.74. The first kappa shape index (κ1) is 13.4. The maximum absolute atomic E-state index is 12.1. The van der Waals surface area contributed by atoms with Crippen molar-refractivity contribution in [3.8, 4) is 0 Å². The third kappa shape index (κ3) is 2.73. The molecular formula is C19H24O2. The largest absolute Gasteiger partial charge is 0.465 e. The number of hydrogen-bond acceptors (Lipinski definition) is 2. The highest BCUT2D eigenvalue weighted by atomic mass is 16.5. The quantitative estimate of drug-likeness (QED) is 0.781. The van der Waals surface area contributed by atoms with Gasteiger partial charge in [0.25, 0.3) is 0 Å². The predicted octanol–water partition coefficient (Wildman–Crippen LogP) is 3.99. The van der Waals surface area contributed by atoms with Gasteiger partial charge in [0, 0.05) is 5.41 Å². The van der Waals surface area contributed by atoms with E-state index in [2.05, 4.69) is 0 Å². The summed E-state index contributed by atoms with van der Waals surface area (Å²) in [7, 11) is 0. The molecule has 21 heavy (non-hydrogen) atoms. The van der Waals surface area contributed by atoms with Gasteiger partial charge < -0.3 is 4.74 Å². The Morgan fingerprint density at radius 3 is 2.14 bits per heavy atom. The average Bonchev–Trinajstić information content (AvgIpc) is 2.45. The van der Waals surface area contributed by atoms with Crippen LogP contribution >= 0.6 is 0 Å². The molecule has 4 bridgehead atoms. The van der Waals surface area contributed by atoms with Crippen LogP contribution in [0.15, 0.2) is 30.3 Å². The van der Waals surface area contributed by atoms with Crippen LogP contribution in [0, 0.1) is 23.2 Å². The first-order valence-electron chi connectivity index (χ1n) is 8.40. The molecule has 0 aliphatic heterocycles. The summed E-state index contributed by atoms with van der Waals surface area (Å²) in [5.74, 6) is 2.70. The van der Waals surface area contributed by atoms with Gasteiger partial charge in [0.05, 0.1) is 13.0 Å². The van der Waals surface area contributed by atoms with Gasteiger partial charge in [0.15, 0.2) is 0 Å². The van der Waals surface area contributed by atoms with Crippen molar-refractivity contribution in [3.63, 3.8) is 0 Å². The molecule has 1 aromatic rings. The summed E-state index contributed by atoms with van der Waals surface area (Å²) >= 11 is 0. The molecule has 4 aliphatic rings. The van der Waals surface area contributed by atoms with E-state index >= 15 is 0 Å². The molecule has 2 heteroatoms. The van der Waals surface area contributed by atoms with Gasteiger partial charge in [-0.3, -0.25) is 4.79 Å². The summed E-state index contributed by atoms with van der Waals surface area (Å²) in [5.41, 5.74) is 1.38. The van der Waals surface area contributed by atoms with E-state index in [1.165, 1.54) is 38.5 Å². The van der Waals surface area contributed by atoms with E-state index in [1.807, 2.05) is 30.3 Å². The third-order valence-corrected chi connectivity index (χ3v) is 5.90. The van der Waals surface area contributed by atoms with E-state index in [0.29, 0.717) is 18.4 Å². The minimum Gasteiger partial charge on any atom is -0.465 e. The lowest BCUT2D eigenvalue weighted by molar-refractivity contribution is -0.154. The molecule has 0 heterocycles. The third-order valence-electron chi connectivity index (χ3n) is 5.90. The number of rotatable bonds is 4. The van der Waals surface area contributed by atoms with E-state index in [9.17, 15) is 4.79 Å². The minimum atomic E-state index is -0.0584. The molecule has 2 nitrogen and oxygen atoms in total. The fourth-order valence-electron chi connectivity index (χ4n) is 5.51. The van der Waals surface area contributed by atoms with Crippen molar-refractivity contribution < 1.29 is 9.53 Å². The fraction of sp³-hybridized carbons (Fsp3) is 0.632. The van der Waals surface area contributed by atoms with Crippen LogP contribution in [-0.4, -0.2) is 12.6 Å². The van der Waals surface area contributed by atoms with Crippen molar-refractivity contribution in [1.29, 1.82) is 0 Å². The highest BCUT2D eigenvalue weighted by Crippen LogP contribution is 2.60. The molecule has 0 unspecified atom stereocenters. The van der Waals surface area contributed by atoms with Crippen LogP contribution < -0.4 is 0 Å². The van der Waals surface area contributed by atoms with Crippen molar-refractivity contribution in [2.45, 2.75) is 44.9 Å². The molecule has 112 valence electrons. The summed E-state index contributed by atoms with van der Waals surface area (Å²) in [5, 5.41) is 0. The van der Waals surface area contributed by atoms with Crippen molar-refractivity contribution in [2.75, 3.05) is 6.61 Å². The van der Waals surface area contributed by atoms with Gasteiger partial charge in [-0.15, -0.1) is 0 Å². The Bertz CT molecular complexity index is 484. The van der Waals surface area contributed by atoms with Crippen molar-refractivity contribution in [2.24, 2.45) is 23.2 Å². The Morgan fingerprint density at radius 1 is 1.00 bits per heavy atom. The van der Waals surface area contributed by atoms with Gasteiger partial charge in [0.1, 0.15) is 0 Å². The van der Waals surface area contributed by atoms with Crippen molar-refractivity contribution >= 4 is 5.97 Å². The van der Waals surface area contributed by atoms with Crippen LogP contribution in [0.1, 0.15) is 44.1 Å². The highest BCUT2D eigenvalue weighted by Gasteiger charge is 2.51. The Balaban J connectivity index is 1.35. The highest BCUT2D eigenvalue weighted by molar-refractivity contribution is 5.72. The lowest BCUT2D eigenvalue weighted by Gasteiger charge is -2.56. The van der Waals surface area contributed by atoms with E-state index in [0.717, 1.165) is 23.3 Å². The molecule has 0 saturated heterocycles. The van der Waals surface area contributed by atoms with Gasteiger partial charge in [0.2, 0.25) is 0 Å². The average molecular weight is 284 g/mol. The summed E-state index contributed by atoms with van der Waals surface area (Å²) in [6.45, 7) is 0.669. The molecule has 0 atom stereocenters. The molecule has 1 aromatic carbocycles. The summed E-state index contributed by atoms with van der Waals surface area (Å²) in [6, 6.07) is 9.91. The van der Waals surface area contributed by atoms with E-state index < -0.39 is 0 Å². The number of hydrogen-bond donors (Lipinski definition) is 0. The topological polar surface area (TPSA) is 26.3 Å². The standard InChI is InChI=1S/C19H24O2/c20-18(9-14-4-2-1-3-5-14)21-13-19-10-15-6-16(11-19)8-17(7-15)12-19/h1-5,15-17H,6-13H2. The van der Waals surface area contributed by atoms with Crippen LogP contribution in [0.2, 0.25) is 0 Å². The fourth-order valence-corrected chi connectivity index (χ4v) is 5.51. The van der Waals surface area contributed by atoms with Crippen LogP contribution in [0.5, 0.6) is 0 Å². The first-order valence-corrected chi connectivity index (χ1v) is 8.40. The normalized spacial score (nSPS) is 36.7. The zero-order valence-electron chi connectivity index (χ0n) is 12.6. The zero-order valence-corrected chi connectivity index (χ0v) is 12.6. The molecule has 0 aromatic heterocycles. The molecule has 4 fully saturated rings. The number of ether oxygens (including phenoxy) is 1. The van der Waals surface area contributed by atoms with Gasteiger partial charge >= 0.3 is 5.97 Å². The van der Waals surface area contributed by atoms with Crippen molar-refractivity contribution in [1.82, 2.24) is 0 Å². The van der Waals surface area contributed by atoms with Gasteiger partial charge in [-0.2, -0.15) is 0 Å². The molecule has 4 saturated carbocycles. The number of esters is 1. The number of carbonyl (C=O) groups excluding carboxylic acids is 1. The van der Waals surface area contributed by atoms with Gasteiger partial charge in [-0.05, 0) is 61.8 Å². The maximum atomic E-state index is 12.1. The maximum Gasteiger partial charge on any atom is 0.310 e. The Kier molecular flexibility index (Phi) is 3.28. The van der Waals surface area contributed by atoms with E-state index in [4.69, 9.17) is 4.74 Å². The van der Waals surface area contributed by atoms with Crippen LogP contribution in [0.4, 0.5) is 0 Å². The Hall–Kier alpha value is -1.31. The zero-order chi connectivity index (χ0) is 14.3. The number of benzene rings is 1. The molecule has 0 amide bonds. The molecular weight excluding hydrogens is 260 g/mol. The van der Waals surface area contributed by atoms with Crippen LogP contribution in [0.3, 0.4) is 0 Å². The summed E-state index contributed by atoms with van der Waals surface area (Å²) in [6.07, 6.45) is 8.64. The Morgan fingerprint density at radius 2 is 1.57 bits per heavy atom. The molecule has 4 aliphatic carbocycles.